The molecule has 6 heteroatoms. The van der Waals surface area contributed by atoms with Crippen molar-refractivity contribution in [3.05, 3.63) is 40.4 Å². The molecule has 2 amide bonds. The number of amides is 2. The Bertz CT molecular complexity index is 687. The number of nitrogens with zero attached hydrogens (tertiary/aromatic N) is 1. The van der Waals surface area contributed by atoms with E-state index in [4.69, 9.17) is 0 Å². The standard InChI is InChI=1S/C15H15N3O2S/c1-9(19)10-4-2-5-11(8-10)16-14(20)18-15-17-12-6-3-7-13(12)21-15/h2,4-5,8H,3,6-7H2,1H3,(H2,16,17,18,20). The van der Waals surface area contributed by atoms with Gasteiger partial charge >= 0.3 is 6.03 Å². The molecule has 0 atom stereocenters. The lowest BCUT2D eigenvalue weighted by molar-refractivity contribution is 0.101. The average Bonchev–Trinajstić information content (AvgIpc) is 2.99. The number of aromatic nitrogens is 1. The fourth-order valence-corrected chi connectivity index (χ4v) is 3.36. The van der Waals surface area contributed by atoms with E-state index in [1.807, 2.05) is 0 Å². The second kappa shape index (κ2) is 5.65. The second-order valence-corrected chi connectivity index (χ2v) is 6.04. The summed E-state index contributed by atoms with van der Waals surface area (Å²) in [5.74, 6) is -0.0320. The van der Waals surface area contributed by atoms with Gasteiger partial charge in [0.2, 0.25) is 0 Å². The Kier molecular flexibility index (Phi) is 3.70. The molecular weight excluding hydrogens is 286 g/mol. The van der Waals surface area contributed by atoms with Crippen LogP contribution in [0.1, 0.15) is 34.3 Å². The van der Waals surface area contributed by atoms with Gasteiger partial charge < -0.3 is 5.32 Å². The molecule has 0 saturated carbocycles. The van der Waals surface area contributed by atoms with Crippen LogP contribution < -0.4 is 10.6 Å². The van der Waals surface area contributed by atoms with Crippen LogP contribution in [0.5, 0.6) is 0 Å². The van der Waals surface area contributed by atoms with E-state index in [-0.39, 0.29) is 11.8 Å². The van der Waals surface area contributed by atoms with Gasteiger partial charge in [0, 0.05) is 16.1 Å². The molecule has 1 aromatic carbocycles. The van der Waals surface area contributed by atoms with Gasteiger partial charge in [-0.15, -0.1) is 11.3 Å². The molecule has 1 aliphatic carbocycles. The van der Waals surface area contributed by atoms with Gasteiger partial charge in [0.25, 0.3) is 0 Å². The molecule has 0 spiro atoms. The Balaban J connectivity index is 1.66. The predicted molar refractivity (Wildman–Crippen MR) is 83.2 cm³/mol. The van der Waals surface area contributed by atoms with Crippen LogP contribution in [0.3, 0.4) is 0 Å². The quantitative estimate of drug-likeness (QED) is 0.853. The van der Waals surface area contributed by atoms with E-state index in [0.29, 0.717) is 16.4 Å². The highest BCUT2D eigenvalue weighted by Crippen LogP contribution is 2.30. The maximum Gasteiger partial charge on any atom is 0.325 e. The lowest BCUT2D eigenvalue weighted by atomic mass is 10.1. The first kappa shape index (κ1) is 13.8. The molecule has 0 unspecified atom stereocenters. The average molecular weight is 301 g/mol. The van der Waals surface area contributed by atoms with Gasteiger partial charge in [-0.3, -0.25) is 10.1 Å². The van der Waals surface area contributed by atoms with Crippen molar-refractivity contribution in [2.75, 3.05) is 10.6 Å². The maximum atomic E-state index is 11.9. The van der Waals surface area contributed by atoms with Crippen molar-refractivity contribution in [1.82, 2.24) is 4.98 Å². The SMILES string of the molecule is CC(=O)c1cccc(NC(=O)Nc2nc3c(s2)CCC3)c1. The number of benzene rings is 1. The van der Waals surface area contributed by atoms with Gasteiger partial charge in [0.1, 0.15) is 0 Å². The van der Waals surface area contributed by atoms with E-state index in [0.717, 1.165) is 25.0 Å². The first-order chi connectivity index (χ1) is 10.1. The second-order valence-electron chi connectivity index (χ2n) is 4.96. The van der Waals surface area contributed by atoms with Gasteiger partial charge in [0.05, 0.1) is 5.69 Å². The van der Waals surface area contributed by atoms with Crippen molar-refractivity contribution >= 4 is 34.0 Å². The molecule has 5 nitrogen and oxygen atoms in total. The Labute approximate surface area is 126 Å². The Morgan fingerprint density at radius 2 is 2.10 bits per heavy atom. The summed E-state index contributed by atoms with van der Waals surface area (Å²) in [5.41, 5.74) is 2.26. The number of urea groups is 1. The number of ketones is 1. The van der Waals surface area contributed by atoms with Crippen molar-refractivity contribution < 1.29 is 9.59 Å². The molecule has 108 valence electrons. The molecule has 3 rings (SSSR count). The van der Waals surface area contributed by atoms with Crippen molar-refractivity contribution in [2.24, 2.45) is 0 Å². The molecule has 2 N–H and O–H groups in total. The summed E-state index contributed by atoms with van der Waals surface area (Å²) in [7, 11) is 0. The number of anilines is 2. The number of aryl methyl sites for hydroxylation is 2. The number of Topliss-reactive ketones (excluding diaryl/α,β-unsaturated/α-hetero) is 1. The fourth-order valence-electron chi connectivity index (χ4n) is 2.32. The van der Waals surface area contributed by atoms with Gasteiger partial charge in [-0.2, -0.15) is 0 Å². The van der Waals surface area contributed by atoms with Crippen molar-refractivity contribution in [2.45, 2.75) is 26.2 Å². The largest absolute Gasteiger partial charge is 0.325 e. The van der Waals surface area contributed by atoms with Gasteiger partial charge in [-0.25, -0.2) is 9.78 Å². The summed E-state index contributed by atoms with van der Waals surface area (Å²) >= 11 is 1.53. The highest BCUT2D eigenvalue weighted by atomic mass is 32.1. The van der Waals surface area contributed by atoms with Crippen LogP contribution in [0, 0.1) is 0 Å². The van der Waals surface area contributed by atoms with E-state index in [1.165, 1.54) is 23.1 Å². The zero-order chi connectivity index (χ0) is 14.8. The lowest BCUT2D eigenvalue weighted by Gasteiger charge is -2.06. The zero-order valence-electron chi connectivity index (χ0n) is 11.6. The van der Waals surface area contributed by atoms with Crippen LogP contribution in [0.25, 0.3) is 0 Å². The minimum Gasteiger partial charge on any atom is -0.308 e. The normalized spacial score (nSPS) is 12.8. The zero-order valence-corrected chi connectivity index (χ0v) is 12.4. The van der Waals surface area contributed by atoms with Gasteiger partial charge in [-0.05, 0) is 38.3 Å². The van der Waals surface area contributed by atoms with Crippen LogP contribution in [0.2, 0.25) is 0 Å². The number of carbonyl (C=O) groups is 2. The van der Waals surface area contributed by atoms with Crippen LogP contribution in [-0.4, -0.2) is 16.8 Å². The van der Waals surface area contributed by atoms with E-state index in [9.17, 15) is 9.59 Å². The maximum absolute atomic E-state index is 11.9. The van der Waals surface area contributed by atoms with Crippen LogP contribution in [-0.2, 0) is 12.8 Å². The summed E-state index contributed by atoms with van der Waals surface area (Å²) in [6.07, 6.45) is 3.20. The summed E-state index contributed by atoms with van der Waals surface area (Å²) in [6.45, 7) is 1.50. The number of carbonyl (C=O) groups excluding carboxylic acids is 2. The summed E-state index contributed by atoms with van der Waals surface area (Å²) < 4.78 is 0. The minimum absolute atomic E-state index is 0.0320. The fraction of sp³-hybridized carbons (Fsp3) is 0.267. The predicted octanol–water partition coefficient (Wildman–Crippen LogP) is 3.48. The summed E-state index contributed by atoms with van der Waals surface area (Å²) in [6, 6.07) is 6.52. The summed E-state index contributed by atoms with van der Waals surface area (Å²) in [4.78, 5) is 28.9. The summed E-state index contributed by atoms with van der Waals surface area (Å²) in [5, 5.41) is 6.08. The van der Waals surface area contributed by atoms with Gasteiger partial charge in [-0.1, -0.05) is 12.1 Å². The molecule has 1 heterocycles. The van der Waals surface area contributed by atoms with E-state index in [2.05, 4.69) is 15.6 Å². The molecule has 0 radical (unpaired) electrons. The Morgan fingerprint density at radius 3 is 2.86 bits per heavy atom. The van der Waals surface area contributed by atoms with E-state index >= 15 is 0 Å². The number of rotatable bonds is 3. The molecule has 2 aromatic rings. The van der Waals surface area contributed by atoms with Gasteiger partial charge in [0.15, 0.2) is 10.9 Å². The topological polar surface area (TPSA) is 71.1 Å². The minimum atomic E-state index is -0.344. The molecule has 1 aromatic heterocycles. The third kappa shape index (κ3) is 3.11. The number of fused-ring (bicyclic) bond motifs is 1. The Morgan fingerprint density at radius 1 is 1.24 bits per heavy atom. The molecule has 1 aliphatic rings. The van der Waals surface area contributed by atoms with Crippen LogP contribution in [0.15, 0.2) is 24.3 Å². The molecular formula is C15H15N3O2S. The molecule has 0 bridgehead atoms. The van der Waals surface area contributed by atoms with E-state index in [1.54, 1.807) is 24.3 Å². The number of hydrogen-bond donors (Lipinski definition) is 2. The number of hydrogen-bond acceptors (Lipinski definition) is 4. The molecule has 0 fully saturated rings. The lowest BCUT2D eigenvalue weighted by Crippen LogP contribution is -2.19. The number of thiazole rings is 1. The van der Waals surface area contributed by atoms with Crippen molar-refractivity contribution in [3.8, 4) is 0 Å². The Hall–Kier alpha value is -2.21. The van der Waals surface area contributed by atoms with E-state index < -0.39 is 0 Å². The third-order valence-corrected chi connectivity index (χ3v) is 4.42. The van der Waals surface area contributed by atoms with Crippen molar-refractivity contribution in [1.29, 1.82) is 0 Å². The number of nitrogens with one attached hydrogen (secondary N) is 2. The smallest absolute Gasteiger partial charge is 0.308 e. The molecule has 0 saturated heterocycles. The highest BCUT2D eigenvalue weighted by Gasteiger charge is 2.17. The first-order valence-electron chi connectivity index (χ1n) is 6.79. The molecule has 21 heavy (non-hydrogen) atoms. The highest BCUT2D eigenvalue weighted by molar-refractivity contribution is 7.15. The van der Waals surface area contributed by atoms with Crippen LogP contribution in [0.4, 0.5) is 15.6 Å². The monoisotopic (exact) mass is 301 g/mol. The van der Waals surface area contributed by atoms with Crippen LogP contribution >= 0.6 is 11.3 Å². The molecule has 0 aliphatic heterocycles. The first-order valence-corrected chi connectivity index (χ1v) is 7.61. The van der Waals surface area contributed by atoms with Crippen molar-refractivity contribution in [3.63, 3.8) is 0 Å². The third-order valence-electron chi connectivity index (χ3n) is 3.34.